The molecule has 14 heteroatoms. The topological polar surface area (TPSA) is 223 Å². The van der Waals surface area contributed by atoms with Gasteiger partial charge >= 0.3 is 29.8 Å². The number of allylic oxidation sites excluding steroid dienone is 1. The molecule has 0 amide bonds. The molecule has 2 aliphatic rings. The number of aliphatic hydroxyl groups excluding tert-OH is 1. The molecule has 1 aromatic carbocycles. The van der Waals surface area contributed by atoms with E-state index in [1.807, 2.05) is 51.1 Å². The normalized spacial score (nSPS) is 30.1. The maximum Gasteiger partial charge on any atom is 0.344 e. The quantitative estimate of drug-likeness (QED) is 0.0901. The Bertz CT molecular complexity index is 1440. The van der Waals surface area contributed by atoms with Crippen molar-refractivity contribution in [3.63, 3.8) is 0 Å². The van der Waals surface area contributed by atoms with E-state index in [0.717, 1.165) is 18.1 Å². The Labute approximate surface area is 284 Å². The molecule has 1 aromatic rings. The number of esters is 2. The summed E-state index contributed by atoms with van der Waals surface area (Å²) in [6.45, 7) is 12.9. The van der Waals surface area contributed by atoms with Crippen LogP contribution in [-0.4, -0.2) is 96.8 Å². The Hall–Kier alpha value is -4.11. The summed E-state index contributed by atoms with van der Waals surface area (Å²) in [6, 6.07) is 9.29. The number of hydrogen-bond donors (Lipinski definition) is 5. The smallest absolute Gasteiger partial charge is 0.344 e. The van der Waals surface area contributed by atoms with Gasteiger partial charge in [-0.1, -0.05) is 77.1 Å². The summed E-state index contributed by atoms with van der Waals surface area (Å²) in [5.41, 5.74) is -6.27. The van der Waals surface area contributed by atoms with Gasteiger partial charge in [-0.15, -0.1) is 0 Å². The van der Waals surface area contributed by atoms with Crippen LogP contribution in [0.4, 0.5) is 0 Å². The van der Waals surface area contributed by atoms with Crippen LogP contribution < -0.4 is 0 Å². The SMILES string of the molecule is C=C(CC[C@]12OC(C(=O)O)C(O)(C(=O)O)[C@](C(=O)O)(O1)[C@H](OC(=O)/C=C/[C@@H](C)C[C@@H](C)CC)[C@H]2O)[C@@H](OC(C)=O)[C@H](C)Cc1ccccc1. The lowest BCUT2D eigenvalue weighted by molar-refractivity contribution is -0.374. The van der Waals surface area contributed by atoms with E-state index < -0.39 is 77.7 Å². The minimum atomic E-state index is -3.90. The maximum absolute atomic E-state index is 13.0. The first-order valence-electron chi connectivity index (χ1n) is 16.1. The molecule has 2 saturated heterocycles. The number of aliphatic carboxylic acids is 3. The first-order valence-corrected chi connectivity index (χ1v) is 16.1. The molecule has 0 spiro atoms. The summed E-state index contributed by atoms with van der Waals surface area (Å²) in [7, 11) is 0. The molecule has 14 nitrogen and oxygen atoms in total. The summed E-state index contributed by atoms with van der Waals surface area (Å²) in [5, 5.41) is 53.5. The fourth-order valence-corrected chi connectivity index (χ4v) is 6.58. The van der Waals surface area contributed by atoms with Crippen molar-refractivity contribution in [3.8, 4) is 0 Å². The molecule has 0 aliphatic carbocycles. The van der Waals surface area contributed by atoms with Gasteiger partial charge in [0.05, 0.1) is 0 Å². The van der Waals surface area contributed by atoms with Crippen LogP contribution in [0.25, 0.3) is 0 Å². The van der Waals surface area contributed by atoms with E-state index in [1.54, 1.807) is 6.92 Å². The van der Waals surface area contributed by atoms with E-state index in [4.69, 9.17) is 18.9 Å². The zero-order valence-corrected chi connectivity index (χ0v) is 28.2. The second-order valence-electron chi connectivity index (χ2n) is 13.1. The predicted molar refractivity (Wildman–Crippen MR) is 171 cm³/mol. The predicted octanol–water partition coefficient (Wildman–Crippen LogP) is 2.88. The number of rotatable bonds is 17. The Balaban J connectivity index is 2.02. The lowest BCUT2D eigenvalue weighted by Gasteiger charge is -2.48. The number of benzene rings is 1. The van der Waals surface area contributed by atoms with Crippen LogP contribution >= 0.6 is 0 Å². The van der Waals surface area contributed by atoms with Crippen molar-refractivity contribution in [2.75, 3.05) is 0 Å². The zero-order chi connectivity index (χ0) is 36.9. The van der Waals surface area contributed by atoms with Gasteiger partial charge in [-0.2, -0.15) is 0 Å². The van der Waals surface area contributed by atoms with Crippen molar-refractivity contribution in [2.24, 2.45) is 17.8 Å². The molecule has 3 rings (SSSR count). The van der Waals surface area contributed by atoms with Gasteiger partial charge in [0.2, 0.25) is 23.1 Å². The molecule has 0 saturated carbocycles. The molecule has 5 N–H and O–H groups in total. The third-order valence-electron chi connectivity index (χ3n) is 9.29. The standard InChI is InChI=1S/C35H46O14/c1-7-19(2)17-20(3)13-14-25(37)47-28-27(38)33(48-29(30(39)40)34(45,31(41)42)35(28,49-33)32(43)44)16-15-21(4)26(46-23(6)36)22(5)18-24-11-9-8-10-12-24/h8-14,19-20,22,26-29,38,45H,4,7,15-18H2,1-3,5-6H3,(H,39,40)(H,41,42)(H,43,44)/b14-13+/t19-,20+,22+,26+,27+,28+,29?,33-,34?,35-/m0/s1. The molecule has 2 unspecified atom stereocenters. The van der Waals surface area contributed by atoms with Crippen LogP contribution in [0, 0.1) is 17.8 Å². The number of hydrogen-bond acceptors (Lipinski definition) is 11. The Morgan fingerprint density at radius 1 is 1.04 bits per heavy atom. The molecule has 2 heterocycles. The minimum Gasteiger partial charge on any atom is -0.479 e. The van der Waals surface area contributed by atoms with Crippen LogP contribution in [0.1, 0.15) is 65.9 Å². The van der Waals surface area contributed by atoms with Crippen LogP contribution in [0.3, 0.4) is 0 Å². The van der Waals surface area contributed by atoms with E-state index in [0.29, 0.717) is 18.8 Å². The minimum absolute atomic E-state index is 0.123. The van der Waals surface area contributed by atoms with Crippen molar-refractivity contribution in [1.82, 2.24) is 0 Å². The van der Waals surface area contributed by atoms with Crippen molar-refractivity contribution < 1.29 is 68.5 Å². The number of ether oxygens (including phenoxy) is 4. The van der Waals surface area contributed by atoms with Crippen LogP contribution in [0.5, 0.6) is 0 Å². The van der Waals surface area contributed by atoms with Crippen LogP contribution in [0.15, 0.2) is 54.6 Å². The Morgan fingerprint density at radius 2 is 1.67 bits per heavy atom. The maximum atomic E-state index is 13.0. The molecule has 2 bridgehead atoms. The van der Waals surface area contributed by atoms with Crippen molar-refractivity contribution in [1.29, 1.82) is 0 Å². The number of carboxylic acids is 3. The highest BCUT2D eigenvalue weighted by Crippen LogP contribution is 2.56. The summed E-state index contributed by atoms with van der Waals surface area (Å²) < 4.78 is 22.0. The summed E-state index contributed by atoms with van der Waals surface area (Å²) in [6.07, 6.45) is -4.83. The first kappa shape index (κ1) is 39.3. The zero-order valence-electron chi connectivity index (χ0n) is 28.2. The summed E-state index contributed by atoms with van der Waals surface area (Å²) >= 11 is 0. The van der Waals surface area contributed by atoms with E-state index in [1.165, 1.54) is 13.0 Å². The highest BCUT2D eigenvalue weighted by atomic mass is 16.8. The number of carbonyl (C=O) groups excluding carboxylic acids is 2. The van der Waals surface area contributed by atoms with Gasteiger partial charge in [-0.3, -0.25) is 4.79 Å². The van der Waals surface area contributed by atoms with Crippen molar-refractivity contribution in [2.45, 2.75) is 108 Å². The average Bonchev–Trinajstić information content (AvgIpc) is 3.25. The largest absolute Gasteiger partial charge is 0.479 e. The van der Waals surface area contributed by atoms with Crippen LogP contribution in [0.2, 0.25) is 0 Å². The molecule has 0 aromatic heterocycles. The van der Waals surface area contributed by atoms with Gasteiger partial charge in [0.15, 0.2) is 6.10 Å². The van der Waals surface area contributed by atoms with Gasteiger partial charge in [-0.25, -0.2) is 19.2 Å². The monoisotopic (exact) mass is 690 g/mol. The highest BCUT2D eigenvalue weighted by Gasteiger charge is 2.85. The van der Waals surface area contributed by atoms with Gasteiger partial charge < -0.3 is 44.5 Å². The Kier molecular flexibility index (Phi) is 12.5. The van der Waals surface area contributed by atoms with E-state index in [-0.39, 0.29) is 23.8 Å². The summed E-state index contributed by atoms with van der Waals surface area (Å²) in [4.78, 5) is 63.0. The van der Waals surface area contributed by atoms with Crippen LogP contribution in [-0.2, 0) is 49.3 Å². The third-order valence-corrected chi connectivity index (χ3v) is 9.29. The second-order valence-corrected chi connectivity index (χ2v) is 13.1. The van der Waals surface area contributed by atoms with E-state index in [2.05, 4.69) is 6.58 Å². The van der Waals surface area contributed by atoms with E-state index in [9.17, 15) is 49.5 Å². The first-order chi connectivity index (χ1) is 22.9. The molecular weight excluding hydrogens is 644 g/mol. The fourth-order valence-electron chi connectivity index (χ4n) is 6.58. The number of carboxylic acid groups (broad SMARTS) is 3. The molecule has 10 atom stereocenters. The highest BCUT2D eigenvalue weighted by molar-refractivity contribution is 5.98. The molecule has 2 fully saturated rings. The van der Waals surface area contributed by atoms with Gasteiger partial charge in [0.1, 0.15) is 12.2 Å². The van der Waals surface area contributed by atoms with Gasteiger partial charge in [-0.05, 0) is 42.2 Å². The second kappa shape index (κ2) is 15.6. The molecule has 49 heavy (non-hydrogen) atoms. The lowest BCUT2D eigenvalue weighted by Crippen LogP contribution is -2.78. The van der Waals surface area contributed by atoms with Gasteiger partial charge in [0.25, 0.3) is 0 Å². The average molecular weight is 691 g/mol. The summed E-state index contributed by atoms with van der Waals surface area (Å²) in [5.74, 6) is -11.3. The molecule has 0 radical (unpaired) electrons. The fraction of sp³-hybridized carbons (Fsp3) is 0.571. The van der Waals surface area contributed by atoms with E-state index >= 15 is 0 Å². The lowest BCUT2D eigenvalue weighted by atomic mass is 9.74. The number of carbonyl (C=O) groups is 5. The van der Waals surface area contributed by atoms with Gasteiger partial charge in [0, 0.05) is 25.3 Å². The third kappa shape index (κ3) is 7.88. The number of aliphatic hydroxyl groups is 2. The Morgan fingerprint density at radius 3 is 2.20 bits per heavy atom. The van der Waals surface area contributed by atoms with Crippen molar-refractivity contribution >= 4 is 29.8 Å². The molecule has 270 valence electrons. The molecular formula is C35H46O14. The molecule has 2 aliphatic heterocycles. The van der Waals surface area contributed by atoms with Crippen molar-refractivity contribution in [3.05, 3.63) is 60.2 Å². The number of fused-ring (bicyclic) bond motifs is 2.